The largest absolute Gasteiger partial charge is 0.469 e. The number of fused-ring (bicyclic) bond motifs is 1. The minimum atomic E-state index is -0.535. The Morgan fingerprint density at radius 1 is 1.25 bits per heavy atom. The summed E-state index contributed by atoms with van der Waals surface area (Å²) in [5.41, 5.74) is 9.19. The molecule has 1 atom stereocenters. The Hall–Kier alpha value is -2.38. The fourth-order valence-electron chi connectivity index (χ4n) is 4.71. The zero-order valence-electron chi connectivity index (χ0n) is 20.9. The van der Waals surface area contributed by atoms with E-state index in [9.17, 15) is 9.59 Å². The van der Waals surface area contributed by atoms with Crippen molar-refractivity contribution in [1.82, 2.24) is 18.2 Å². The summed E-state index contributed by atoms with van der Waals surface area (Å²) in [6.45, 7) is 5.98. The number of nitrogens with one attached hydrogen (secondary N) is 1. The lowest BCUT2D eigenvalue weighted by atomic mass is 9.96. The van der Waals surface area contributed by atoms with Crippen molar-refractivity contribution in [3.63, 3.8) is 0 Å². The summed E-state index contributed by atoms with van der Waals surface area (Å²) in [5, 5.41) is 2.88. The lowest BCUT2D eigenvalue weighted by Gasteiger charge is -2.38. The zero-order chi connectivity index (χ0) is 25.7. The molecule has 10 nitrogen and oxygen atoms in total. The highest BCUT2D eigenvalue weighted by molar-refractivity contribution is 14.1. The maximum Gasteiger partial charge on any atom is 0.308 e. The maximum atomic E-state index is 12.5. The second-order valence-corrected chi connectivity index (χ2v) is 10.4. The Labute approximate surface area is 226 Å². The highest BCUT2D eigenvalue weighted by atomic mass is 127. The normalized spacial score (nSPS) is 21.2. The third-order valence-corrected chi connectivity index (χ3v) is 7.69. The molecule has 1 amide bonds. The van der Waals surface area contributed by atoms with Gasteiger partial charge in [-0.15, -0.1) is 0 Å². The standard InChI is InChI=1S/C25H35IN6O4/c1-3-4-12-36-25-29-23-21(22(27)32(25)26)28-20(33)16-31(23)15-18-7-5-6-17(13-18)14-30-10-8-19(9-11-30)24(34)35-2/h5-7,13,19,25H,3-4,8-12,14-16,27H2,1-2H3,(H,28,33). The molecule has 1 unspecified atom stereocenters. The van der Waals surface area contributed by atoms with E-state index < -0.39 is 6.35 Å². The number of unbranched alkanes of at least 4 members (excludes halogenated alkanes) is 1. The number of nitrogens with two attached hydrogens (primary N) is 1. The van der Waals surface area contributed by atoms with Gasteiger partial charge in [0.2, 0.25) is 12.3 Å². The lowest BCUT2D eigenvalue weighted by Crippen LogP contribution is -2.54. The van der Waals surface area contributed by atoms with Gasteiger partial charge in [-0.05, 0) is 43.5 Å². The molecule has 0 saturated carbocycles. The van der Waals surface area contributed by atoms with Crippen molar-refractivity contribution in [3.05, 3.63) is 46.9 Å². The number of piperazine rings is 1. The number of hydrogen-bond acceptors (Lipinski definition) is 9. The number of ether oxygens (including phenoxy) is 2. The van der Waals surface area contributed by atoms with Crippen LogP contribution in [0.2, 0.25) is 0 Å². The molecule has 196 valence electrons. The molecule has 0 aliphatic carbocycles. The molecule has 0 aromatic heterocycles. The van der Waals surface area contributed by atoms with Crippen LogP contribution in [0.15, 0.2) is 40.8 Å². The highest BCUT2D eigenvalue weighted by Crippen LogP contribution is 2.27. The van der Waals surface area contributed by atoms with Crippen molar-refractivity contribution < 1.29 is 19.1 Å². The van der Waals surface area contributed by atoms with E-state index >= 15 is 0 Å². The van der Waals surface area contributed by atoms with Gasteiger partial charge in [-0.2, -0.15) is 0 Å². The summed E-state index contributed by atoms with van der Waals surface area (Å²) < 4.78 is 12.6. The second kappa shape index (κ2) is 12.2. The minimum absolute atomic E-state index is 0.00188. The number of nitrogens with zero attached hydrogens (tertiary/aromatic N) is 4. The van der Waals surface area contributed by atoms with Gasteiger partial charge >= 0.3 is 5.97 Å². The van der Waals surface area contributed by atoms with Crippen LogP contribution in [0.3, 0.4) is 0 Å². The molecule has 0 bridgehead atoms. The smallest absolute Gasteiger partial charge is 0.308 e. The van der Waals surface area contributed by atoms with Crippen LogP contribution in [0, 0.1) is 5.92 Å². The highest BCUT2D eigenvalue weighted by Gasteiger charge is 2.36. The molecule has 2 saturated heterocycles. The van der Waals surface area contributed by atoms with E-state index in [2.05, 4.69) is 58.2 Å². The third kappa shape index (κ3) is 6.30. The quantitative estimate of drug-likeness (QED) is 0.190. The summed E-state index contributed by atoms with van der Waals surface area (Å²) in [7, 11) is 1.45. The van der Waals surface area contributed by atoms with Crippen molar-refractivity contribution in [2.45, 2.75) is 52.0 Å². The Morgan fingerprint density at radius 3 is 2.67 bits per heavy atom. The van der Waals surface area contributed by atoms with Crippen LogP contribution in [-0.4, -0.2) is 70.3 Å². The van der Waals surface area contributed by atoms with E-state index in [-0.39, 0.29) is 24.3 Å². The van der Waals surface area contributed by atoms with Crippen molar-refractivity contribution in [3.8, 4) is 0 Å². The average Bonchev–Trinajstić information content (AvgIpc) is 2.88. The van der Waals surface area contributed by atoms with Gasteiger partial charge in [0.25, 0.3) is 0 Å². The van der Waals surface area contributed by atoms with Crippen LogP contribution in [0.25, 0.3) is 0 Å². The summed E-state index contributed by atoms with van der Waals surface area (Å²) >= 11 is 2.08. The molecule has 11 heteroatoms. The molecule has 1 aromatic rings. The van der Waals surface area contributed by atoms with Crippen LogP contribution >= 0.6 is 22.9 Å². The van der Waals surface area contributed by atoms with Crippen molar-refractivity contribution in [2.24, 2.45) is 16.6 Å². The zero-order valence-corrected chi connectivity index (χ0v) is 23.1. The number of piperidine rings is 1. The van der Waals surface area contributed by atoms with Crippen LogP contribution in [0.1, 0.15) is 43.7 Å². The molecular weight excluding hydrogens is 575 g/mol. The SMILES string of the molecule is CCCCOC1N=C2C(=C(N)N1I)NC(=O)CN2Cc1cccc(CN2CCC(C(=O)OC)CC2)c1. The first kappa shape index (κ1) is 26.7. The Morgan fingerprint density at radius 2 is 1.97 bits per heavy atom. The molecule has 3 aliphatic rings. The number of methoxy groups -OCH3 is 1. The van der Waals surface area contributed by atoms with Crippen LogP contribution < -0.4 is 11.1 Å². The van der Waals surface area contributed by atoms with E-state index in [0.29, 0.717) is 30.5 Å². The number of carbonyl (C=O) groups is 2. The number of carbonyl (C=O) groups excluding carboxylic acids is 2. The monoisotopic (exact) mass is 610 g/mol. The molecule has 3 heterocycles. The molecule has 1 aromatic carbocycles. The van der Waals surface area contributed by atoms with Crippen molar-refractivity contribution in [2.75, 3.05) is 33.4 Å². The van der Waals surface area contributed by atoms with Gasteiger partial charge in [-0.3, -0.25) is 17.6 Å². The number of hydrogen-bond donors (Lipinski definition) is 2. The molecule has 0 radical (unpaired) electrons. The van der Waals surface area contributed by atoms with Gasteiger partial charge in [-0.25, -0.2) is 4.99 Å². The molecular formula is C25H35IN6O4. The number of aliphatic imine (C=N–C) groups is 1. The van der Waals surface area contributed by atoms with Crippen LogP contribution in [0.4, 0.5) is 0 Å². The fourth-order valence-corrected chi connectivity index (χ4v) is 5.24. The minimum Gasteiger partial charge on any atom is -0.469 e. The first-order chi connectivity index (χ1) is 17.4. The van der Waals surface area contributed by atoms with E-state index in [4.69, 9.17) is 20.2 Å². The van der Waals surface area contributed by atoms with Crippen LogP contribution in [0.5, 0.6) is 0 Å². The first-order valence-electron chi connectivity index (χ1n) is 12.5. The van der Waals surface area contributed by atoms with Gasteiger partial charge in [-0.1, -0.05) is 37.6 Å². The summed E-state index contributed by atoms with van der Waals surface area (Å²) in [6, 6.07) is 8.41. The molecule has 4 rings (SSSR count). The van der Waals surface area contributed by atoms with Crippen molar-refractivity contribution in [1.29, 1.82) is 0 Å². The van der Waals surface area contributed by atoms with Gasteiger partial charge < -0.3 is 25.4 Å². The fraction of sp³-hybridized carbons (Fsp3) is 0.560. The number of esters is 1. The Balaban J connectivity index is 1.44. The number of amidine groups is 1. The van der Waals surface area contributed by atoms with Gasteiger partial charge in [0.1, 0.15) is 11.5 Å². The molecule has 2 fully saturated rings. The summed E-state index contributed by atoms with van der Waals surface area (Å²) in [5.74, 6) is 0.861. The summed E-state index contributed by atoms with van der Waals surface area (Å²) in [6.07, 6.45) is 3.08. The maximum absolute atomic E-state index is 12.5. The molecule has 36 heavy (non-hydrogen) atoms. The molecule has 3 aliphatic heterocycles. The van der Waals surface area contributed by atoms with Gasteiger partial charge in [0, 0.05) is 13.1 Å². The number of amides is 1. The Kier molecular flexibility index (Phi) is 9.07. The van der Waals surface area contributed by atoms with E-state index in [1.807, 2.05) is 11.0 Å². The number of benzene rings is 1. The predicted molar refractivity (Wildman–Crippen MR) is 144 cm³/mol. The van der Waals surface area contributed by atoms with E-state index in [1.165, 1.54) is 12.7 Å². The van der Waals surface area contributed by atoms with Crippen LogP contribution in [-0.2, 0) is 32.2 Å². The first-order valence-corrected chi connectivity index (χ1v) is 13.4. The second-order valence-electron chi connectivity index (χ2n) is 9.37. The molecule has 3 N–H and O–H groups in total. The summed E-state index contributed by atoms with van der Waals surface area (Å²) in [4.78, 5) is 33.4. The van der Waals surface area contributed by atoms with E-state index in [1.54, 1.807) is 3.11 Å². The van der Waals surface area contributed by atoms with E-state index in [0.717, 1.165) is 50.9 Å². The average molecular weight is 610 g/mol. The third-order valence-electron chi connectivity index (χ3n) is 6.69. The lowest BCUT2D eigenvalue weighted by molar-refractivity contribution is -0.147. The van der Waals surface area contributed by atoms with Gasteiger partial charge in [0.05, 0.1) is 49.0 Å². The predicted octanol–water partition coefficient (Wildman–Crippen LogP) is 2.30. The number of rotatable bonds is 9. The number of likely N-dealkylation sites (tertiary alicyclic amines) is 1. The molecule has 0 spiro atoms. The Bertz CT molecular complexity index is 1020. The topological polar surface area (TPSA) is 113 Å². The van der Waals surface area contributed by atoms with Crippen molar-refractivity contribution >= 4 is 40.6 Å². The number of halogens is 1. The van der Waals surface area contributed by atoms with Gasteiger partial charge in [0.15, 0.2) is 5.84 Å².